The van der Waals surface area contributed by atoms with Gasteiger partial charge in [-0.3, -0.25) is 0 Å². The van der Waals surface area contributed by atoms with Crippen LogP contribution in [0.2, 0.25) is 0 Å². The number of esters is 2. The monoisotopic (exact) mass is 468 g/mol. The second kappa shape index (κ2) is 25.6. The number of aliphatic hydroxyl groups is 2. The Kier molecular flexibility index (Phi) is 24.3. The van der Waals surface area contributed by atoms with Crippen molar-refractivity contribution >= 4 is 11.9 Å². The Balaban J connectivity index is 3.39. The van der Waals surface area contributed by atoms with Gasteiger partial charge in [0.05, 0.1) is 92.5 Å². The number of carbonyl (C=O) groups excluding carboxylic acids is 2. The SMILES string of the molecule is O=C(/C=C\C(=O)OCCOCCOCCOCCO)OCCOCCOCCOCCO. The van der Waals surface area contributed by atoms with Crippen molar-refractivity contribution in [1.82, 2.24) is 0 Å². The third-order valence-electron chi connectivity index (χ3n) is 3.26. The van der Waals surface area contributed by atoms with E-state index >= 15 is 0 Å². The van der Waals surface area contributed by atoms with Gasteiger partial charge in [-0.05, 0) is 0 Å². The summed E-state index contributed by atoms with van der Waals surface area (Å²) in [5.41, 5.74) is 0. The Labute approximate surface area is 188 Å². The lowest BCUT2D eigenvalue weighted by molar-refractivity contribution is -0.142. The summed E-state index contributed by atoms with van der Waals surface area (Å²) in [6.07, 6.45) is 1.96. The third-order valence-corrected chi connectivity index (χ3v) is 3.26. The van der Waals surface area contributed by atoms with Gasteiger partial charge in [-0.2, -0.15) is 0 Å². The molecule has 0 rings (SSSR count). The maximum atomic E-state index is 11.5. The lowest BCUT2D eigenvalue weighted by Gasteiger charge is -2.07. The molecule has 0 fully saturated rings. The van der Waals surface area contributed by atoms with Crippen LogP contribution in [0.3, 0.4) is 0 Å². The summed E-state index contributed by atoms with van der Waals surface area (Å²) in [6.45, 7) is 4.06. The van der Waals surface area contributed by atoms with Crippen LogP contribution >= 0.6 is 0 Å². The lowest BCUT2D eigenvalue weighted by atomic mass is 10.5. The number of hydrogen-bond donors (Lipinski definition) is 2. The summed E-state index contributed by atoms with van der Waals surface area (Å²) in [6, 6.07) is 0. The minimum Gasteiger partial charge on any atom is -0.460 e. The highest BCUT2D eigenvalue weighted by atomic mass is 16.6. The zero-order valence-electron chi connectivity index (χ0n) is 18.4. The van der Waals surface area contributed by atoms with Crippen LogP contribution in [-0.4, -0.2) is 128 Å². The van der Waals surface area contributed by atoms with E-state index in [1.807, 2.05) is 0 Å². The highest BCUT2D eigenvalue weighted by Crippen LogP contribution is 1.88. The molecule has 0 aromatic rings. The van der Waals surface area contributed by atoms with Crippen molar-refractivity contribution in [2.75, 3.05) is 106 Å². The number of rotatable bonds is 24. The molecule has 32 heavy (non-hydrogen) atoms. The van der Waals surface area contributed by atoms with Gasteiger partial charge in [0.15, 0.2) is 0 Å². The molecule has 12 heteroatoms. The Morgan fingerprint density at radius 2 is 0.688 bits per heavy atom. The number of carbonyl (C=O) groups is 2. The van der Waals surface area contributed by atoms with Crippen LogP contribution in [0.25, 0.3) is 0 Å². The van der Waals surface area contributed by atoms with Crippen LogP contribution in [-0.2, 0) is 47.5 Å². The van der Waals surface area contributed by atoms with Gasteiger partial charge in [0.25, 0.3) is 0 Å². The Bertz CT molecular complexity index is 418. The van der Waals surface area contributed by atoms with Crippen molar-refractivity contribution in [3.8, 4) is 0 Å². The molecule has 0 aromatic carbocycles. The van der Waals surface area contributed by atoms with Crippen LogP contribution in [0.15, 0.2) is 12.2 Å². The first-order chi connectivity index (χ1) is 15.7. The van der Waals surface area contributed by atoms with E-state index in [0.717, 1.165) is 12.2 Å². The molecule has 0 saturated heterocycles. The molecule has 188 valence electrons. The van der Waals surface area contributed by atoms with Gasteiger partial charge in [-0.1, -0.05) is 0 Å². The molecule has 0 aliphatic carbocycles. The topological polar surface area (TPSA) is 148 Å². The molecule has 2 N–H and O–H groups in total. The summed E-state index contributed by atoms with van der Waals surface area (Å²) in [7, 11) is 0. The summed E-state index contributed by atoms with van der Waals surface area (Å²) >= 11 is 0. The van der Waals surface area contributed by atoms with Crippen LogP contribution in [0, 0.1) is 0 Å². The molecule has 0 aromatic heterocycles. The van der Waals surface area contributed by atoms with E-state index < -0.39 is 11.9 Å². The second-order valence-electron chi connectivity index (χ2n) is 5.79. The van der Waals surface area contributed by atoms with Gasteiger partial charge in [-0.15, -0.1) is 0 Å². The minimum atomic E-state index is -0.681. The number of hydrogen-bond acceptors (Lipinski definition) is 12. The quantitative estimate of drug-likeness (QED) is 0.0986. The highest BCUT2D eigenvalue weighted by Gasteiger charge is 2.01. The average Bonchev–Trinajstić information content (AvgIpc) is 2.79. The summed E-state index contributed by atoms with van der Waals surface area (Å²) in [5.74, 6) is -1.36. The van der Waals surface area contributed by atoms with Crippen LogP contribution in [0.4, 0.5) is 0 Å². The first-order valence-electron chi connectivity index (χ1n) is 10.4. The van der Waals surface area contributed by atoms with Crippen molar-refractivity contribution in [3.63, 3.8) is 0 Å². The smallest absolute Gasteiger partial charge is 0.331 e. The Hall–Kier alpha value is -1.64. The first kappa shape index (κ1) is 30.4. The van der Waals surface area contributed by atoms with E-state index in [9.17, 15) is 9.59 Å². The zero-order chi connectivity index (χ0) is 23.5. The van der Waals surface area contributed by atoms with Gasteiger partial charge < -0.3 is 48.1 Å². The molecule has 0 heterocycles. The van der Waals surface area contributed by atoms with Crippen molar-refractivity contribution < 1.29 is 57.7 Å². The summed E-state index contributed by atoms with van der Waals surface area (Å²) < 4.78 is 40.7. The summed E-state index contributed by atoms with van der Waals surface area (Å²) in [5, 5.41) is 17.0. The fourth-order valence-corrected chi connectivity index (χ4v) is 1.85. The van der Waals surface area contributed by atoms with Crippen molar-refractivity contribution in [1.29, 1.82) is 0 Å². The first-order valence-corrected chi connectivity index (χ1v) is 10.4. The van der Waals surface area contributed by atoms with E-state index in [2.05, 4.69) is 0 Å². The molecule has 0 aliphatic rings. The highest BCUT2D eigenvalue weighted by molar-refractivity contribution is 5.91. The number of aliphatic hydroxyl groups excluding tert-OH is 2. The predicted molar refractivity (Wildman–Crippen MR) is 110 cm³/mol. The predicted octanol–water partition coefficient (Wildman–Crippen LogP) is -1.29. The van der Waals surface area contributed by atoms with Gasteiger partial charge in [0, 0.05) is 12.2 Å². The maximum absolute atomic E-state index is 11.5. The molecular formula is C20H36O12. The minimum absolute atomic E-state index is 0.0189. The van der Waals surface area contributed by atoms with E-state index in [1.54, 1.807) is 0 Å². The van der Waals surface area contributed by atoms with Gasteiger partial charge in [-0.25, -0.2) is 9.59 Å². The fourth-order valence-electron chi connectivity index (χ4n) is 1.85. The number of ether oxygens (including phenoxy) is 8. The molecule has 0 saturated carbocycles. The largest absolute Gasteiger partial charge is 0.460 e. The van der Waals surface area contributed by atoms with E-state index in [1.165, 1.54) is 0 Å². The second-order valence-corrected chi connectivity index (χ2v) is 5.79. The van der Waals surface area contributed by atoms with Crippen LogP contribution in [0.5, 0.6) is 0 Å². The van der Waals surface area contributed by atoms with Crippen molar-refractivity contribution in [3.05, 3.63) is 12.2 Å². The molecule has 0 unspecified atom stereocenters. The molecule has 0 spiro atoms. The fraction of sp³-hybridized carbons (Fsp3) is 0.800. The third kappa shape index (κ3) is 24.6. The van der Waals surface area contributed by atoms with Crippen molar-refractivity contribution in [2.24, 2.45) is 0 Å². The van der Waals surface area contributed by atoms with Crippen LogP contribution in [0.1, 0.15) is 0 Å². The standard InChI is InChI=1S/C20H36O12/c21-3-5-25-7-9-27-11-13-29-15-17-31-19(23)1-2-20(24)32-18-16-30-14-12-28-10-8-26-6-4-22/h1-2,21-22H,3-18H2/b2-1-. The normalized spacial score (nSPS) is 11.2. The molecule has 0 amide bonds. The molecule has 0 atom stereocenters. The van der Waals surface area contributed by atoms with Gasteiger partial charge >= 0.3 is 11.9 Å². The molecule has 12 nitrogen and oxygen atoms in total. The molecule has 0 bridgehead atoms. The Morgan fingerprint density at radius 1 is 0.438 bits per heavy atom. The maximum Gasteiger partial charge on any atom is 0.331 e. The zero-order valence-corrected chi connectivity index (χ0v) is 18.4. The lowest BCUT2D eigenvalue weighted by Crippen LogP contribution is -2.14. The van der Waals surface area contributed by atoms with E-state index in [-0.39, 0.29) is 52.9 Å². The average molecular weight is 468 g/mol. The summed E-state index contributed by atoms with van der Waals surface area (Å²) in [4.78, 5) is 23.0. The van der Waals surface area contributed by atoms with Gasteiger partial charge in [0.2, 0.25) is 0 Å². The van der Waals surface area contributed by atoms with E-state index in [4.69, 9.17) is 48.1 Å². The Morgan fingerprint density at radius 3 is 0.969 bits per heavy atom. The van der Waals surface area contributed by atoms with Crippen LogP contribution < -0.4 is 0 Å². The van der Waals surface area contributed by atoms with Gasteiger partial charge in [0.1, 0.15) is 13.2 Å². The molecular weight excluding hydrogens is 432 g/mol. The van der Waals surface area contributed by atoms with E-state index in [0.29, 0.717) is 52.9 Å². The molecule has 0 aliphatic heterocycles. The molecule has 0 radical (unpaired) electrons. The van der Waals surface area contributed by atoms with Crippen molar-refractivity contribution in [2.45, 2.75) is 0 Å².